The third-order valence-electron chi connectivity index (χ3n) is 1.81. The Morgan fingerprint density at radius 2 is 2.33 bits per heavy atom. The maximum absolute atomic E-state index is 11.8. The lowest BCUT2D eigenvalue weighted by atomic mass is 10.3. The Bertz CT molecular complexity index is 383. The van der Waals surface area contributed by atoms with Crippen molar-refractivity contribution in [2.45, 2.75) is 6.92 Å². The summed E-state index contributed by atoms with van der Waals surface area (Å²) in [6, 6.07) is 1.85. The van der Waals surface area contributed by atoms with Gasteiger partial charge in [-0.25, -0.2) is 0 Å². The maximum atomic E-state index is 11.8. The maximum Gasteiger partial charge on any atom is 0.264 e. The summed E-state index contributed by atoms with van der Waals surface area (Å²) in [6.45, 7) is 2.26. The van der Waals surface area contributed by atoms with E-state index in [0.717, 1.165) is 9.35 Å². The highest BCUT2D eigenvalue weighted by molar-refractivity contribution is 9.11. The summed E-state index contributed by atoms with van der Waals surface area (Å²) in [5.74, 6) is -0.0541. The number of nitrogens with zero attached hydrogens (tertiary/aromatic N) is 1. The Hall–Kier alpha value is -0.460. The number of hydrogen-bond donors (Lipinski definition) is 1. The molecule has 1 heterocycles. The average molecular weight is 307 g/mol. The number of rotatable bonds is 3. The molecule has 0 unspecified atom stereocenters. The predicted octanol–water partition coefficient (Wildman–Crippen LogP) is 2.18. The zero-order valence-corrected chi connectivity index (χ0v) is 11.6. The molecule has 0 spiro atoms. The highest BCUT2D eigenvalue weighted by atomic mass is 79.9. The number of aryl methyl sites for hydroxylation is 1. The molecule has 0 radical (unpaired) electrons. The van der Waals surface area contributed by atoms with Crippen LogP contribution in [0.25, 0.3) is 0 Å². The monoisotopic (exact) mass is 306 g/mol. The molecule has 0 aromatic carbocycles. The van der Waals surface area contributed by atoms with E-state index in [1.165, 1.54) is 16.2 Å². The number of carbonyl (C=O) groups excluding carboxylic acids is 1. The highest BCUT2D eigenvalue weighted by Gasteiger charge is 2.15. The normalized spacial score (nSPS) is 10.1. The fourth-order valence-electron chi connectivity index (χ4n) is 1.06. The summed E-state index contributed by atoms with van der Waals surface area (Å²) in [5, 5.41) is 0. The smallest absolute Gasteiger partial charge is 0.264 e. The van der Waals surface area contributed by atoms with E-state index >= 15 is 0 Å². The molecule has 3 nitrogen and oxygen atoms in total. The molecule has 6 heteroatoms. The van der Waals surface area contributed by atoms with Crippen LogP contribution in [0.1, 0.15) is 15.2 Å². The number of amides is 1. The van der Waals surface area contributed by atoms with Crippen molar-refractivity contribution in [2.24, 2.45) is 5.73 Å². The summed E-state index contributed by atoms with van der Waals surface area (Å²) in [6.07, 6.45) is 0. The molecule has 0 bridgehead atoms. The van der Waals surface area contributed by atoms with Gasteiger partial charge in [-0.1, -0.05) is 12.2 Å². The second kappa shape index (κ2) is 5.05. The summed E-state index contributed by atoms with van der Waals surface area (Å²) < 4.78 is 0.981. The molecule has 0 saturated carbocycles. The van der Waals surface area contributed by atoms with Gasteiger partial charge in [-0.2, -0.15) is 0 Å². The van der Waals surface area contributed by atoms with Crippen molar-refractivity contribution < 1.29 is 4.79 Å². The van der Waals surface area contributed by atoms with Crippen molar-refractivity contribution in [3.05, 3.63) is 20.3 Å². The fraction of sp³-hybridized carbons (Fsp3) is 0.333. The number of hydrogen-bond acceptors (Lipinski definition) is 3. The fourth-order valence-corrected chi connectivity index (χ4v) is 2.78. The molecule has 0 atom stereocenters. The van der Waals surface area contributed by atoms with Crippen LogP contribution in [-0.4, -0.2) is 29.4 Å². The number of likely N-dealkylation sites (N-methyl/N-ethyl adjacent to an activating group) is 1. The number of halogens is 1. The molecule has 0 fully saturated rings. The van der Waals surface area contributed by atoms with Gasteiger partial charge in [0, 0.05) is 7.05 Å². The van der Waals surface area contributed by atoms with E-state index < -0.39 is 0 Å². The average Bonchev–Trinajstić information content (AvgIpc) is 2.44. The Morgan fingerprint density at radius 3 is 2.73 bits per heavy atom. The van der Waals surface area contributed by atoms with Gasteiger partial charge >= 0.3 is 0 Å². The number of carbonyl (C=O) groups is 1. The first-order valence-electron chi connectivity index (χ1n) is 4.21. The molecular weight excluding hydrogens is 296 g/mol. The second-order valence-electron chi connectivity index (χ2n) is 3.19. The first kappa shape index (κ1) is 12.6. The second-order valence-corrected chi connectivity index (χ2v) is 6.09. The van der Waals surface area contributed by atoms with Crippen molar-refractivity contribution >= 4 is 50.4 Å². The topological polar surface area (TPSA) is 46.3 Å². The van der Waals surface area contributed by atoms with Gasteiger partial charge < -0.3 is 10.6 Å². The molecule has 0 saturated heterocycles. The molecular formula is C9H11BrN2OS2. The van der Waals surface area contributed by atoms with Crippen molar-refractivity contribution in [1.29, 1.82) is 0 Å². The quantitative estimate of drug-likeness (QED) is 0.871. The molecule has 15 heavy (non-hydrogen) atoms. The van der Waals surface area contributed by atoms with Crippen molar-refractivity contribution in [3.63, 3.8) is 0 Å². The van der Waals surface area contributed by atoms with Gasteiger partial charge in [0.05, 0.1) is 20.2 Å². The van der Waals surface area contributed by atoms with Gasteiger partial charge in [0.25, 0.3) is 5.91 Å². The van der Waals surface area contributed by atoms with E-state index in [0.29, 0.717) is 16.4 Å². The van der Waals surface area contributed by atoms with Crippen LogP contribution in [0.3, 0.4) is 0 Å². The molecule has 0 aliphatic rings. The lowest BCUT2D eigenvalue weighted by Crippen LogP contribution is -2.34. The summed E-state index contributed by atoms with van der Waals surface area (Å²) in [5.41, 5.74) is 6.44. The third kappa shape index (κ3) is 3.25. The van der Waals surface area contributed by atoms with E-state index in [9.17, 15) is 4.79 Å². The lowest BCUT2D eigenvalue weighted by Gasteiger charge is -2.14. The molecule has 82 valence electrons. The van der Waals surface area contributed by atoms with Crippen LogP contribution in [0.2, 0.25) is 0 Å². The lowest BCUT2D eigenvalue weighted by molar-refractivity contribution is 0.0820. The van der Waals surface area contributed by atoms with Gasteiger partial charge in [-0.05, 0) is 34.5 Å². The van der Waals surface area contributed by atoms with Crippen LogP contribution in [0, 0.1) is 6.92 Å². The summed E-state index contributed by atoms with van der Waals surface area (Å²) >= 11 is 9.55. The van der Waals surface area contributed by atoms with Gasteiger partial charge in [-0.15, -0.1) is 11.3 Å². The van der Waals surface area contributed by atoms with Crippen LogP contribution >= 0.6 is 39.5 Å². The van der Waals surface area contributed by atoms with E-state index in [-0.39, 0.29) is 5.91 Å². The molecule has 0 aliphatic heterocycles. The number of thiophene rings is 1. The van der Waals surface area contributed by atoms with E-state index in [1.807, 2.05) is 13.0 Å². The molecule has 0 aliphatic carbocycles. The minimum absolute atomic E-state index is 0.0541. The highest BCUT2D eigenvalue weighted by Crippen LogP contribution is 2.27. The van der Waals surface area contributed by atoms with Crippen LogP contribution in [-0.2, 0) is 0 Å². The predicted molar refractivity (Wildman–Crippen MR) is 70.5 cm³/mol. The Balaban J connectivity index is 2.80. The molecule has 2 N–H and O–H groups in total. The number of nitrogens with two attached hydrogens (primary N) is 1. The van der Waals surface area contributed by atoms with Gasteiger partial charge in [0.1, 0.15) is 0 Å². The largest absolute Gasteiger partial charge is 0.392 e. The standard InChI is InChI=1S/C9H11BrN2OS2/c1-5-3-6(15-8(5)10)9(13)12(2)4-7(11)14/h3H,4H2,1-2H3,(H2,11,14). The van der Waals surface area contributed by atoms with Crippen LogP contribution in [0.15, 0.2) is 9.85 Å². The Labute approximate surface area is 106 Å². The minimum Gasteiger partial charge on any atom is -0.392 e. The van der Waals surface area contributed by atoms with Crippen molar-refractivity contribution in [1.82, 2.24) is 4.90 Å². The molecule has 1 amide bonds. The van der Waals surface area contributed by atoms with Gasteiger partial charge in [0.2, 0.25) is 0 Å². The minimum atomic E-state index is -0.0541. The van der Waals surface area contributed by atoms with E-state index in [2.05, 4.69) is 15.9 Å². The first-order valence-corrected chi connectivity index (χ1v) is 6.23. The van der Waals surface area contributed by atoms with Crippen LogP contribution in [0.5, 0.6) is 0 Å². The van der Waals surface area contributed by atoms with Gasteiger partial charge in [0.15, 0.2) is 0 Å². The van der Waals surface area contributed by atoms with Crippen LogP contribution < -0.4 is 5.73 Å². The molecule has 1 rings (SSSR count). The van der Waals surface area contributed by atoms with E-state index in [1.54, 1.807) is 7.05 Å². The van der Waals surface area contributed by atoms with Crippen molar-refractivity contribution in [3.8, 4) is 0 Å². The number of thiocarbonyl (C=S) groups is 1. The summed E-state index contributed by atoms with van der Waals surface area (Å²) in [4.78, 5) is 14.4. The molecule has 1 aromatic rings. The molecule has 1 aromatic heterocycles. The van der Waals surface area contributed by atoms with Gasteiger partial charge in [-0.3, -0.25) is 4.79 Å². The SMILES string of the molecule is Cc1cc(C(=O)N(C)CC(N)=S)sc1Br. The third-order valence-corrected chi connectivity index (χ3v) is 4.06. The summed E-state index contributed by atoms with van der Waals surface area (Å²) in [7, 11) is 1.68. The van der Waals surface area contributed by atoms with E-state index in [4.69, 9.17) is 18.0 Å². The zero-order valence-electron chi connectivity index (χ0n) is 8.41. The van der Waals surface area contributed by atoms with Crippen LogP contribution in [0.4, 0.5) is 0 Å². The first-order chi connectivity index (χ1) is 6.91. The zero-order chi connectivity index (χ0) is 11.6. The van der Waals surface area contributed by atoms with Crippen molar-refractivity contribution in [2.75, 3.05) is 13.6 Å². The Kier molecular flexibility index (Phi) is 4.24. The Morgan fingerprint density at radius 1 is 1.73 bits per heavy atom.